The molecule has 0 amide bonds. The molecule has 0 unspecified atom stereocenters. The molecule has 0 saturated carbocycles. The summed E-state index contributed by atoms with van der Waals surface area (Å²) in [7, 11) is 0. The quantitative estimate of drug-likeness (QED) is 0.496. The van der Waals surface area contributed by atoms with Crippen molar-refractivity contribution < 1.29 is 0 Å². The minimum Gasteiger partial charge on any atom is -0.269 e. The number of hydrogen-bond acceptors (Lipinski definition) is 1. The summed E-state index contributed by atoms with van der Waals surface area (Å²) < 4.78 is 0. The predicted octanol–water partition coefficient (Wildman–Crippen LogP) is 2.39. The van der Waals surface area contributed by atoms with Crippen LogP contribution >= 0.6 is 0 Å². The number of hydrogen-bond donors (Lipinski definition) is 0. The van der Waals surface area contributed by atoms with E-state index in [4.69, 9.17) is 0 Å². The van der Waals surface area contributed by atoms with Gasteiger partial charge in [-0.05, 0) is 13.3 Å². The summed E-state index contributed by atoms with van der Waals surface area (Å²) in [5.74, 6) is 0. The smallest absolute Gasteiger partial charge is 0.0221 e. The van der Waals surface area contributed by atoms with Gasteiger partial charge in [0.2, 0.25) is 0 Å². The van der Waals surface area contributed by atoms with Crippen LogP contribution in [0.15, 0.2) is 17.3 Å². The van der Waals surface area contributed by atoms with Crippen LogP contribution in [0.25, 0.3) is 0 Å². The van der Waals surface area contributed by atoms with Gasteiger partial charge in [-0.15, -0.1) is 0 Å². The van der Waals surface area contributed by atoms with E-state index >= 15 is 0 Å². The lowest BCUT2D eigenvalue weighted by atomic mass is 10.4. The van der Waals surface area contributed by atoms with Crippen molar-refractivity contribution in [1.82, 2.24) is 0 Å². The van der Waals surface area contributed by atoms with E-state index < -0.39 is 0 Å². The zero-order valence-corrected chi connectivity index (χ0v) is 5.59. The zero-order chi connectivity index (χ0) is 6.24. The fourth-order valence-corrected chi connectivity index (χ4v) is 0.351. The summed E-state index contributed by atoms with van der Waals surface area (Å²) in [6.07, 6.45) is 7.92. The van der Waals surface area contributed by atoms with Crippen molar-refractivity contribution in [2.24, 2.45) is 4.99 Å². The summed E-state index contributed by atoms with van der Waals surface area (Å²) in [5.41, 5.74) is 0. The highest BCUT2D eigenvalue weighted by Gasteiger charge is 1.68. The molecule has 8 heavy (non-hydrogen) atoms. The molecule has 46 valence electrons. The third kappa shape index (κ3) is 5.41. The first-order valence-corrected chi connectivity index (χ1v) is 3.04. The number of nitrogens with zero attached hydrogens (tertiary/aromatic N) is 1. The third-order valence-corrected chi connectivity index (χ3v) is 0.758. The first-order chi connectivity index (χ1) is 3.91. The Morgan fingerprint density at radius 3 is 2.75 bits per heavy atom. The molecule has 0 aromatic rings. The first-order valence-electron chi connectivity index (χ1n) is 3.04. The van der Waals surface area contributed by atoms with Gasteiger partial charge in [0.25, 0.3) is 0 Å². The Morgan fingerprint density at radius 1 is 1.50 bits per heavy atom. The maximum atomic E-state index is 3.97. The van der Waals surface area contributed by atoms with Gasteiger partial charge in [-0.2, -0.15) is 0 Å². The van der Waals surface area contributed by atoms with Gasteiger partial charge < -0.3 is 0 Å². The number of aliphatic imine (C=N–C) groups is 1. The Kier molecular flexibility index (Phi) is 5.94. The van der Waals surface area contributed by atoms with Crippen LogP contribution in [0.5, 0.6) is 0 Å². The van der Waals surface area contributed by atoms with Gasteiger partial charge >= 0.3 is 0 Å². The second-order valence-corrected chi connectivity index (χ2v) is 1.60. The monoisotopic (exact) mass is 111 g/mol. The maximum Gasteiger partial charge on any atom is 0.0221 e. The van der Waals surface area contributed by atoms with E-state index in [1.807, 2.05) is 19.2 Å². The molecule has 0 aliphatic heterocycles. The number of unbranched alkanes of at least 4 members (excludes halogenated alkanes) is 1. The van der Waals surface area contributed by atoms with Crippen LogP contribution in [-0.2, 0) is 0 Å². The maximum absolute atomic E-state index is 3.97. The van der Waals surface area contributed by atoms with Gasteiger partial charge in [0.1, 0.15) is 0 Å². The van der Waals surface area contributed by atoms with Crippen LogP contribution in [0.2, 0.25) is 0 Å². The molecule has 1 heteroatoms. The molecular formula is C7H13N. The van der Waals surface area contributed by atoms with Crippen LogP contribution in [0.1, 0.15) is 26.7 Å². The number of allylic oxidation sites excluding steroid dienone is 1. The lowest BCUT2D eigenvalue weighted by Crippen LogP contribution is -1.67. The SMILES string of the molecule is C/C=C\N=C/CCC. The van der Waals surface area contributed by atoms with Gasteiger partial charge in [-0.25, -0.2) is 0 Å². The Labute approximate surface area is 51.1 Å². The minimum atomic E-state index is 1.09. The van der Waals surface area contributed by atoms with Gasteiger partial charge in [0.15, 0.2) is 0 Å². The summed E-state index contributed by atoms with van der Waals surface area (Å²) in [6, 6.07) is 0. The second kappa shape index (κ2) is 6.41. The third-order valence-electron chi connectivity index (χ3n) is 0.758. The van der Waals surface area contributed by atoms with Gasteiger partial charge in [0.05, 0.1) is 0 Å². The van der Waals surface area contributed by atoms with Crippen LogP contribution in [0.3, 0.4) is 0 Å². The molecule has 0 aromatic heterocycles. The van der Waals surface area contributed by atoms with E-state index in [1.54, 1.807) is 6.20 Å². The Balaban J connectivity index is 3.07. The molecule has 0 spiro atoms. The van der Waals surface area contributed by atoms with E-state index in [9.17, 15) is 0 Å². The topological polar surface area (TPSA) is 12.4 Å². The van der Waals surface area contributed by atoms with Gasteiger partial charge in [-0.3, -0.25) is 4.99 Å². The standard InChI is InChI=1S/C7H13N/c1-3-5-7-8-6-4-2/h4,6-7H,3,5H2,1-2H3/b6-4-,8-7-. The summed E-state index contributed by atoms with van der Waals surface area (Å²) in [5, 5.41) is 0. The molecule has 0 atom stereocenters. The van der Waals surface area contributed by atoms with Gasteiger partial charge in [-0.1, -0.05) is 19.4 Å². The van der Waals surface area contributed by atoms with Crippen molar-refractivity contribution in [2.75, 3.05) is 0 Å². The molecule has 0 heterocycles. The molecule has 0 aliphatic carbocycles. The molecule has 1 nitrogen and oxygen atoms in total. The predicted molar refractivity (Wildman–Crippen MR) is 38.2 cm³/mol. The zero-order valence-electron chi connectivity index (χ0n) is 5.59. The Hall–Kier alpha value is -0.590. The van der Waals surface area contributed by atoms with E-state index in [1.165, 1.54) is 6.42 Å². The normalized spacial score (nSPS) is 11.8. The van der Waals surface area contributed by atoms with E-state index in [2.05, 4.69) is 11.9 Å². The van der Waals surface area contributed by atoms with Crippen molar-refractivity contribution in [3.63, 3.8) is 0 Å². The molecule has 0 radical (unpaired) electrons. The molecule has 0 N–H and O–H groups in total. The highest BCUT2D eigenvalue weighted by atomic mass is 14.7. The van der Waals surface area contributed by atoms with Gasteiger partial charge in [0, 0.05) is 12.4 Å². The molecule has 0 rings (SSSR count). The van der Waals surface area contributed by atoms with E-state index in [0.29, 0.717) is 0 Å². The Morgan fingerprint density at radius 2 is 2.25 bits per heavy atom. The minimum absolute atomic E-state index is 1.09. The highest BCUT2D eigenvalue weighted by molar-refractivity contribution is 5.57. The largest absolute Gasteiger partial charge is 0.269 e. The summed E-state index contributed by atoms with van der Waals surface area (Å²) in [4.78, 5) is 3.97. The van der Waals surface area contributed by atoms with Crippen molar-refractivity contribution in [1.29, 1.82) is 0 Å². The highest BCUT2D eigenvalue weighted by Crippen LogP contribution is 1.80. The average molecular weight is 111 g/mol. The van der Waals surface area contributed by atoms with Crippen molar-refractivity contribution >= 4 is 6.21 Å². The molecule has 0 fully saturated rings. The lowest BCUT2D eigenvalue weighted by Gasteiger charge is -1.78. The van der Waals surface area contributed by atoms with Crippen molar-refractivity contribution in [3.8, 4) is 0 Å². The first kappa shape index (κ1) is 7.41. The number of rotatable bonds is 3. The Bertz CT molecular complexity index is 82.4. The summed E-state index contributed by atoms with van der Waals surface area (Å²) in [6.45, 7) is 4.10. The van der Waals surface area contributed by atoms with Crippen LogP contribution < -0.4 is 0 Å². The lowest BCUT2D eigenvalue weighted by molar-refractivity contribution is 1.01. The summed E-state index contributed by atoms with van der Waals surface area (Å²) >= 11 is 0. The van der Waals surface area contributed by atoms with Crippen molar-refractivity contribution in [3.05, 3.63) is 12.3 Å². The molecule has 0 bridgehead atoms. The van der Waals surface area contributed by atoms with E-state index in [0.717, 1.165) is 6.42 Å². The van der Waals surface area contributed by atoms with Crippen LogP contribution in [0, 0.1) is 0 Å². The molecule has 0 saturated heterocycles. The van der Waals surface area contributed by atoms with Crippen molar-refractivity contribution in [2.45, 2.75) is 26.7 Å². The fraction of sp³-hybridized carbons (Fsp3) is 0.571. The molecule has 0 aliphatic rings. The second-order valence-electron chi connectivity index (χ2n) is 1.60. The molecular weight excluding hydrogens is 98.1 g/mol. The molecule has 0 aromatic carbocycles. The fourth-order valence-electron chi connectivity index (χ4n) is 0.351. The van der Waals surface area contributed by atoms with Crippen LogP contribution in [-0.4, -0.2) is 6.21 Å². The van der Waals surface area contributed by atoms with E-state index in [-0.39, 0.29) is 0 Å². The van der Waals surface area contributed by atoms with Crippen LogP contribution in [0.4, 0.5) is 0 Å². The average Bonchev–Trinajstić information content (AvgIpc) is 1.81.